The summed E-state index contributed by atoms with van der Waals surface area (Å²) in [6.45, 7) is 3.91. The average molecular weight is 323 g/mol. The molecule has 1 aromatic carbocycles. The van der Waals surface area contributed by atoms with E-state index in [1.54, 1.807) is 6.07 Å². The molecule has 0 saturated carbocycles. The van der Waals surface area contributed by atoms with Crippen molar-refractivity contribution < 1.29 is 12.8 Å². The number of halogens is 2. The van der Waals surface area contributed by atoms with E-state index in [-0.39, 0.29) is 5.82 Å². The Bertz CT molecular complexity index is 517. The van der Waals surface area contributed by atoms with E-state index in [2.05, 4.69) is 5.32 Å². The fourth-order valence-corrected chi connectivity index (χ4v) is 3.06. The highest BCUT2D eigenvalue weighted by Crippen LogP contribution is 2.13. The minimum Gasteiger partial charge on any atom is -0.313 e. The van der Waals surface area contributed by atoms with E-state index in [1.807, 2.05) is 6.92 Å². The minimum atomic E-state index is -3.13. The highest BCUT2D eigenvalue weighted by Gasteiger charge is 2.12. The van der Waals surface area contributed by atoms with Crippen molar-refractivity contribution in [1.29, 1.82) is 0 Å². The molecule has 0 aliphatic carbocycles. The number of nitrogens with one attached hydrogen (secondary N) is 1. The van der Waals surface area contributed by atoms with Crippen LogP contribution in [-0.2, 0) is 16.6 Å². The summed E-state index contributed by atoms with van der Waals surface area (Å²) >= 11 is 5.76. The Morgan fingerprint density at radius 2 is 2.05 bits per heavy atom. The fraction of sp³-hybridized carbons (Fsp3) is 0.538. The smallest absolute Gasteiger partial charge is 0.211 e. The molecule has 0 heterocycles. The van der Waals surface area contributed by atoms with Crippen LogP contribution >= 0.6 is 11.6 Å². The second-order valence-corrected chi connectivity index (χ2v) is 6.98. The number of sulfonamides is 1. The Labute approximate surface area is 125 Å². The summed E-state index contributed by atoms with van der Waals surface area (Å²) in [5, 5.41) is 3.51. The van der Waals surface area contributed by atoms with Crippen molar-refractivity contribution in [1.82, 2.24) is 9.62 Å². The molecule has 114 valence electrons. The van der Waals surface area contributed by atoms with Crippen LogP contribution in [0, 0.1) is 5.82 Å². The van der Waals surface area contributed by atoms with Gasteiger partial charge in [-0.2, -0.15) is 0 Å². The lowest BCUT2D eigenvalue weighted by Crippen LogP contribution is -2.32. The third kappa shape index (κ3) is 6.17. The summed E-state index contributed by atoms with van der Waals surface area (Å²) in [4.78, 5) is 0. The van der Waals surface area contributed by atoms with Gasteiger partial charge in [-0.3, -0.25) is 0 Å². The highest BCUT2D eigenvalue weighted by molar-refractivity contribution is 7.88. The van der Waals surface area contributed by atoms with Crippen molar-refractivity contribution in [3.8, 4) is 0 Å². The lowest BCUT2D eigenvalue weighted by molar-refractivity contribution is 0.419. The topological polar surface area (TPSA) is 49.4 Å². The molecule has 0 amide bonds. The van der Waals surface area contributed by atoms with Crippen LogP contribution in [0.2, 0.25) is 5.02 Å². The zero-order chi connectivity index (χ0) is 15.2. The van der Waals surface area contributed by atoms with E-state index < -0.39 is 10.0 Å². The predicted molar refractivity (Wildman–Crippen MR) is 79.8 cm³/mol. The SMILES string of the molecule is CCN(CCCNCc1cc(F)cc(Cl)c1)S(C)(=O)=O. The van der Waals surface area contributed by atoms with Gasteiger partial charge < -0.3 is 5.32 Å². The average Bonchev–Trinajstić information content (AvgIpc) is 2.30. The molecule has 1 rings (SSSR count). The van der Waals surface area contributed by atoms with E-state index in [1.165, 1.54) is 22.7 Å². The first-order valence-corrected chi connectivity index (χ1v) is 8.66. The van der Waals surface area contributed by atoms with Crippen molar-refractivity contribution in [2.45, 2.75) is 19.9 Å². The molecule has 0 saturated heterocycles. The molecule has 4 nitrogen and oxygen atoms in total. The maximum Gasteiger partial charge on any atom is 0.211 e. The molecule has 0 atom stereocenters. The molecule has 0 aromatic heterocycles. The summed E-state index contributed by atoms with van der Waals surface area (Å²) in [5.41, 5.74) is 0.769. The second kappa shape index (κ2) is 7.93. The monoisotopic (exact) mass is 322 g/mol. The van der Waals surface area contributed by atoms with Crippen LogP contribution in [-0.4, -0.2) is 38.6 Å². The molecule has 1 aromatic rings. The number of rotatable bonds is 8. The number of nitrogens with zero attached hydrogens (tertiary/aromatic N) is 1. The molecular formula is C13H20ClFN2O2S. The minimum absolute atomic E-state index is 0.358. The van der Waals surface area contributed by atoms with Gasteiger partial charge in [-0.05, 0) is 36.7 Å². The summed E-state index contributed by atoms with van der Waals surface area (Å²) < 4.78 is 37.3. The van der Waals surface area contributed by atoms with Gasteiger partial charge in [0.25, 0.3) is 0 Å². The number of hydrogen-bond donors (Lipinski definition) is 1. The summed E-state index contributed by atoms with van der Waals surface area (Å²) in [6, 6.07) is 4.39. The van der Waals surface area contributed by atoms with Crippen LogP contribution in [0.1, 0.15) is 18.9 Å². The third-order valence-electron chi connectivity index (χ3n) is 2.83. The quantitative estimate of drug-likeness (QED) is 0.747. The van der Waals surface area contributed by atoms with Gasteiger partial charge in [0.05, 0.1) is 6.26 Å². The van der Waals surface area contributed by atoms with Gasteiger partial charge in [-0.25, -0.2) is 17.1 Å². The van der Waals surface area contributed by atoms with Crippen molar-refractivity contribution in [2.75, 3.05) is 25.9 Å². The summed E-state index contributed by atoms with van der Waals surface area (Å²) in [7, 11) is -3.13. The molecule has 0 fully saturated rings. The number of hydrogen-bond acceptors (Lipinski definition) is 3. The van der Waals surface area contributed by atoms with Gasteiger partial charge in [0.15, 0.2) is 0 Å². The van der Waals surface area contributed by atoms with Gasteiger partial charge in [-0.1, -0.05) is 18.5 Å². The second-order valence-electron chi connectivity index (χ2n) is 4.56. The van der Waals surface area contributed by atoms with Crippen molar-refractivity contribution in [3.63, 3.8) is 0 Å². The molecule has 0 spiro atoms. The maximum atomic E-state index is 13.1. The molecule has 7 heteroatoms. The van der Waals surface area contributed by atoms with E-state index in [4.69, 9.17) is 11.6 Å². The molecule has 20 heavy (non-hydrogen) atoms. The van der Waals surface area contributed by atoms with E-state index in [9.17, 15) is 12.8 Å². The predicted octanol–water partition coefficient (Wildman–Crippen LogP) is 2.24. The van der Waals surface area contributed by atoms with Crippen molar-refractivity contribution in [3.05, 3.63) is 34.6 Å². The Balaban J connectivity index is 2.32. The third-order valence-corrected chi connectivity index (χ3v) is 4.43. The van der Waals surface area contributed by atoms with Crippen LogP contribution in [0.15, 0.2) is 18.2 Å². The Kier molecular flexibility index (Phi) is 6.88. The first kappa shape index (κ1) is 17.4. The van der Waals surface area contributed by atoms with E-state index in [0.717, 1.165) is 5.56 Å². The van der Waals surface area contributed by atoms with Gasteiger partial charge >= 0.3 is 0 Å². The van der Waals surface area contributed by atoms with Gasteiger partial charge in [0, 0.05) is 24.7 Å². The molecule has 1 N–H and O–H groups in total. The molecular weight excluding hydrogens is 303 g/mol. The van der Waals surface area contributed by atoms with Crippen LogP contribution in [0.3, 0.4) is 0 Å². The van der Waals surface area contributed by atoms with Crippen molar-refractivity contribution in [2.24, 2.45) is 0 Å². The molecule has 0 aliphatic heterocycles. The summed E-state index contributed by atoms with van der Waals surface area (Å²) in [6.07, 6.45) is 1.91. The molecule has 0 bridgehead atoms. The Hall–Kier alpha value is -0.690. The zero-order valence-electron chi connectivity index (χ0n) is 11.7. The van der Waals surface area contributed by atoms with E-state index in [0.29, 0.717) is 37.6 Å². The van der Waals surface area contributed by atoms with Crippen LogP contribution in [0.4, 0.5) is 4.39 Å². The van der Waals surface area contributed by atoms with Crippen LogP contribution in [0.25, 0.3) is 0 Å². The highest BCUT2D eigenvalue weighted by atomic mass is 35.5. The van der Waals surface area contributed by atoms with E-state index >= 15 is 0 Å². The van der Waals surface area contributed by atoms with Gasteiger partial charge in [-0.15, -0.1) is 0 Å². The van der Waals surface area contributed by atoms with Gasteiger partial charge in [0.2, 0.25) is 10.0 Å². The van der Waals surface area contributed by atoms with Crippen molar-refractivity contribution >= 4 is 21.6 Å². The lowest BCUT2D eigenvalue weighted by Gasteiger charge is -2.17. The standard InChI is InChI=1S/C13H20ClFN2O2S/c1-3-17(20(2,18)19)6-4-5-16-10-11-7-12(14)9-13(15)8-11/h7-9,16H,3-6,10H2,1-2H3. The van der Waals surface area contributed by atoms with Crippen LogP contribution in [0.5, 0.6) is 0 Å². The Morgan fingerprint density at radius 1 is 1.35 bits per heavy atom. The first-order chi connectivity index (χ1) is 9.32. The number of benzene rings is 1. The molecule has 0 radical (unpaired) electrons. The zero-order valence-corrected chi connectivity index (χ0v) is 13.3. The normalized spacial score (nSPS) is 12.1. The molecule has 0 aliphatic rings. The first-order valence-electron chi connectivity index (χ1n) is 6.43. The lowest BCUT2D eigenvalue weighted by atomic mass is 10.2. The molecule has 0 unspecified atom stereocenters. The van der Waals surface area contributed by atoms with Crippen LogP contribution < -0.4 is 5.32 Å². The Morgan fingerprint density at radius 3 is 2.60 bits per heavy atom. The maximum absolute atomic E-state index is 13.1. The largest absolute Gasteiger partial charge is 0.313 e. The van der Waals surface area contributed by atoms with Gasteiger partial charge in [0.1, 0.15) is 5.82 Å². The summed E-state index contributed by atoms with van der Waals surface area (Å²) in [5.74, 6) is -0.358. The fourth-order valence-electron chi connectivity index (χ4n) is 1.88.